The number of hydrogen-bond donors (Lipinski definition) is 1. The third-order valence-corrected chi connectivity index (χ3v) is 5.40. The Hall–Kier alpha value is -3.74. The molecule has 7 heteroatoms. The van der Waals surface area contributed by atoms with Crippen molar-refractivity contribution in [2.75, 3.05) is 23.3 Å². The van der Waals surface area contributed by atoms with Gasteiger partial charge in [-0.25, -0.2) is 13.6 Å². The molecule has 3 aromatic rings. The van der Waals surface area contributed by atoms with E-state index in [1.165, 1.54) is 12.1 Å². The average molecular weight is 435 g/mol. The molecule has 0 spiro atoms. The van der Waals surface area contributed by atoms with Crippen LogP contribution in [-0.2, 0) is 6.54 Å². The van der Waals surface area contributed by atoms with Gasteiger partial charge in [0, 0.05) is 41.7 Å². The number of carbonyl (C=O) groups excluding carboxylic acids is 2. The fraction of sp³-hybridized carbons (Fsp3) is 0.200. The van der Waals surface area contributed by atoms with Crippen LogP contribution in [0.2, 0.25) is 0 Å². The van der Waals surface area contributed by atoms with Gasteiger partial charge in [-0.15, -0.1) is 0 Å². The van der Waals surface area contributed by atoms with E-state index in [1.807, 2.05) is 25.1 Å². The second-order valence-corrected chi connectivity index (χ2v) is 7.82. The van der Waals surface area contributed by atoms with Crippen molar-refractivity contribution in [1.82, 2.24) is 4.90 Å². The number of nitrogens with one attached hydrogen (secondary N) is 1. The van der Waals surface area contributed by atoms with E-state index in [2.05, 4.69) is 5.32 Å². The predicted molar refractivity (Wildman–Crippen MR) is 120 cm³/mol. The van der Waals surface area contributed by atoms with Gasteiger partial charge in [0.15, 0.2) is 0 Å². The number of halogens is 2. The molecule has 164 valence electrons. The second-order valence-electron chi connectivity index (χ2n) is 7.82. The van der Waals surface area contributed by atoms with E-state index in [9.17, 15) is 18.4 Å². The van der Waals surface area contributed by atoms with E-state index in [1.54, 1.807) is 40.1 Å². The zero-order valence-corrected chi connectivity index (χ0v) is 17.6. The van der Waals surface area contributed by atoms with Gasteiger partial charge >= 0.3 is 6.03 Å². The third-order valence-electron chi connectivity index (χ3n) is 5.40. The quantitative estimate of drug-likeness (QED) is 0.587. The molecule has 4 rings (SSSR count). The molecule has 1 N–H and O–H groups in total. The van der Waals surface area contributed by atoms with E-state index in [4.69, 9.17) is 0 Å². The minimum Gasteiger partial charge on any atom is -0.322 e. The molecule has 0 atom stereocenters. The molecule has 1 heterocycles. The molecule has 1 fully saturated rings. The first-order chi connectivity index (χ1) is 15.4. The van der Waals surface area contributed by atoms with Crippen molar-refractivity contribution >= 4 is 23.3 Å². The molecular weight excluding hydrogens is 412 g/mol. The van der Waals surface area contributed by atoms with Crippen molar-refractivity contribution in [1.29, 1.82) is 0 Å². The summed E-state index contributed by atoms with van der Waals surface area (Å²) in [5, 5.41) is 2.85. The summed E-state index contributed by atoms with van der Waals surface area (Å²) in [7, 11) is 0. The Morgan fingerprint density at radius 1 is 1.00 bits per heavy atom. The molecule has 1 aliphatic heterocycles. The van der Waals surface area contributed by atoms with Gasteiger partial charge in [-0.2, -0.15) is 0 Å². The summed E-state index contributed by atoms with van der Waals surface area (Å²) in [4.78, 5) is 28.6. The molecule has 5 nitrogen and oxygen atoms in total. The van der Waals surface area contributed by atoms with Crippen LogP contribution in [0.4, 0.5) is 25.0 Å². The smallest absolute Gasteiger partial charge is 0.322 e. The zero-order chi connectivity index (χ0) is 22.7. The highest BCUT2D eigenvalue weighted by atomic mass is 19.1. The largest absolute Gasteiger partial charge is 0.324 e. The Balaban J connectivity index is 1.43. The molecule has 0 aromatic heterocycles. The normalized spacial score (nSPS) is 13.9. The Morgan fingerprint density at radius 2 is 1.78 bits per heavy atom. The van der Waals surface area contributed by atoms with Crippen LogP contribution in [-0.4, -0.2) is 29.9 Å². The highest BCUT2D eigenvalue weighted by Crippen LogP contribution is 2.24. The SMILES string of the molecule is Cc1cccc(C(=O)Nc2ccc(N3CCCN(Cc4ccc(F)cc4F)C3=O)cc2)c1. The summed E-state index contributed by atoms with van der Waals surface area (Å²) >= 11 is 0. The first-order valence-electron chi connectivity index (χ1n) is 10.4. The minimum atomic E-state index is -0.663. The highest BCUT2D eigenvalue weighted by Gasteiger charge is 2.27. The lowest BCUT2D eigenvalue weighted by Gasteiger charge is -2.35. The van der Waals surface area contributed by atoms with Crippen molar-refractivity contribution in [3.63, 3.8) is 0 Å². The Labute approximate surface area is 185 Å². The molecule has 0 bridgehead atoms. The van der Waals surface area contributed by atoms with Crippen molar-refractivity contribution in [3.8, 4) is 0 Å². The van der Waals surface area contributed by atoms with Gasteiger partial charge in [-0.1, -0.05) is 23.8 Å². The van der Waals surface area contributed by atoms with Crippen molar-refractivity contribution in [2.45, 2.75) is 19.9 Å². The number of nitrogens with zero attached hydrogens (tertiary/aromatic N) is 2. The lowest BCUT2D eigenvalue weighted by Crippen LogP contribution is -2.49. The summed E-state index contributed by atoms with van der Waals surface area (Å²) in [5.74, 6) is -1.51. The maximum absolute atomic E-state index is 14.0. The number of rotatable bonds is 5. The maximum Gasteiger partial charge on any atom is 0.324 e. The van der Waals surface area contributed by atoms with Crippen LogP contribution >= 0.6 is 0 Å². The fourth-order valence-electron chi connectivity index (χ4n) is 3.74. The first kappa shape index (κ1) is 21.5. The molecular formula is C25H23F2N3O2. The molecule has 32 heavy (non-hydrogen) atoms. The number of amides is 3. The van der Waals surface area contributed by atoms with Crippen molar-refractivity contribution in [2.24, 2.45) is 0 Å². The minimum absolute atomic E-state index is 0.0755. The summed E-state index contributed by atoms with van der Waals surface area (Å²) in [6.07, 6.45) is 0.723. The number of anilines is 2. The summed E-state index contributed by atoms with van der Waals surface area (Å²) in [6, 6.07) is 17.5. The van der Waals surface area contributed by atoms with Gasteiger partial charge in [0.05, 0.1) is 6.54 Å². The molecule has 1 saturated heterocycles. The first-order valence-corrected chi connectivity index (χ1v) is 10.4. The van der Waals surface area contributed by atoms with Crippen molar-refractivity contribution in [3.05, 3.63) is 95.1 Å². The highest BCUT2D eigenvalue weighted by molar-refractivity contribution is 6.04. The van der Waals surface area contributed by atoms with E-state index < -0.39 is 11.6 Å². The Kier molecular flexibility index (Phi) is 6.16. The van der Waals surface area contributed by atoms with Crippen LogP contribution < -0.4 is 10.2 Å². The topological polar surface area (TPSA) is 52.7 Å². The summed E-state index contributed by atoms with van der Waals surface area (Å²) in [5.41, 5.74) is 3.16. The van der Waals surface area contributed by atoms with Gasteiger partial charge in [0.2, 0.25) is 0 Å². The monoisotopic (exact) mass is 435 g/mol. The molecule has 0 radical (unpaired) electrons. The van der Waals surface area contributed by atoms with E-state index in [-0.39, 0.29) is 24.0 Å². The zero-order valence-electron chi connectivity index (χ0n) is 17.6. The number of benzene rings is 3. The van der Waals surface area contributed by atoms with Crippen LogP contribution in [0, 0.1) is 18.6 Å². The number of hydrogen-bond acceptors (Lipinski definition) is 2. The predicted octanol–water partition coefficient (Wildman–Crippen LogP) is 5.36. The molecule has 3 amide bonds. The number of aryl methyl sites for hydroxylation is 1. The molecule has 1 aliphatic rings. The molecule has 0 unspecified atom stereocenters. The van der Waals surface area contributed by atoms with Crippen LogP contribution in [0.25, 0.3) is 0 Å². The number of urea groups is 1. The lowest BCUT2D eigenvalue weighted by molar-refractivity contribution is 0.102. The van der Waals surface area contributed by atoms with Gasteiger partial charge in [0.1, 0.15) is 11.6 Å². The Bertz CT molecular complexity index is 1150. The molecule has 0 saturated carbocycles. The van der Waals surface area contributed by atoms with Crippen LogP contribution in [0.15, 0.2) is 66.7 Å². The molecule has 3 aromatic carbocycles. The van der Waals surface area contributed by atoms with Gasteiger partial charge < -0.3 is 10.2 Å². The van der Waals surface area contributed by atoms with E-state index in [0.717, 1.165) is 18.1 Å². The van der Waals surface area contributed by atoms with Crippen molar-refractivity contribution < 1.29 is 18.4 Å². The summed E-state index contributed by atoms with van der Waals surface area (Å²) < 4.78 is 27.2. The third kappa shape index (κ3) is 4.77. The average Bonchev–Trinajstić information content (AvgIpc) is 2.77. The molecule has 0 aliphatic carbocycles. The van der Waals surface area contributed by atoms with Crippen LogP contribution in [0.5, 0.6) is 0 Å². The standard InChI is InChI=1S/C25H23F2N3O2/c1-17-4-2-5-18(14-17)24(31)28-21-8-10-22(11-9-21)30-13-3-12-29(25(30)32)16-19-6-7-20(26)15-23(19)27/h2,4-11,14-15H,3,12-13,16H2,1H3,(H,28,31). The van der Waals surface area contributed by atoms with Crippen LogP contribution in [0.1, 0.15) is 27.9 Å². The maximum atomic E-state index is 14.0. The van der Waals surface area contributed by atoms with E-state index >= 15 is 0 Å². The van der Waals surface area contributed by atoms with Crippen LogP contribution in [0.3, 0.4) is 0 Å². The Morgan fingerprint density at radius 3 is 2.50 bits per heavy atom. The number of carbonyl (C=O) groups is 2. The van der Waals surface area contributed by atoms with Gasteiger partial charge in [-0.05, 0) is 55.8 Å². The van der Waals surface area contributed by atoms with Gasteiger partial charge in [-0.3, -0.25) is 9.69 Å². The second kappa shape index (κ2) is 9.18. The fourth-order valence-corrected chi connectivity index (χ4v) is 3.74. The van der Waals surface area contributed by atoms with Gasteiger partial charge in [0.25, 0.3) is 5.91 Å². The lowest BCUT2D eigenvalue weighted by atomic mass is 10.1. The van der Waals surface area contributed by atoms with E-state index in [0.29, 0.717) is 30.0 Å². The summed E-state index contributed by atoms with van der Waals surface area (Å²) in [6.45, 7) is 3.04.